The molecular weight excluding hydrogens is 264 g/mol. The van der Waals surface area contributed by atoms with Gasteiger partial charge in [0.2, 0.25) is 0 Å². The van der Waals surface area contributed by atoms with Gasteiger partial charge in [0.15, 0.2) is 0 Å². The molecule has 1 aliphatic carbocycles. The highest BCUT2D eigenvalue weighted by Crippen LogP contribution is 2.48. The second-order valence-corrected chi connectivity index (χ2v) is 6.96. The van der Waals surface area contributed by atoms with E-state index in [1.807, 2.05) is 0 Å². The van der Waals surface area contributed by atoms with Crippen molar-refractivity contribution in [2.24, 2.45) is 5.92 Å². The van der Waals surface area contributed by atoms with Gasteiger partial charge in [-0.1, -0.05) is 20.8 Å². The molecule has 1 saturated carbocycles. The molecule has 1 saturated heterocycles. The van der Waals surface area contributed by atoms with Crippen LogP contribution in [0.2, 0.25) is 0 Å². The highest BCUT2D eigenvalue weighted by molar-refractivity contribution is 5.20. The minimum Gasteiger partial charge on any atom is -0.464 e. The highest BCUT2D eigenvalue weighted by Gasteiger charge is 2.39. The van der Waals surface area contributed by atoms with Crippen molar-refractivity contribution in [2.45, 2.75) is 51.3 Å². The van der Waals surface area contributed by atoms with Crippen LogP contribution in [-0.2, 0) is 4.74 Å². The predicted molar refractivity (Wildman–Crippen MR) is 83.5 cm³/mol. The molecule has 1 aromatic heterocycles. The number of nitrogens with zero attached hydrogens (tertiary/aromatic N) is 1. The van der Waals surface area contributed by atoms with E-state index in [4.69, 9.17) is 9.15 Å². The smallest absolute Gasteiger partial charge is 0.124 e. The molecule has 1 N–H and O–H groups in total. The first-order valence-corrected chi connectivity index (χ1v) is 8.21. The first-order chi connectivity index (χ1) is 10.1. The van der Waals surface area contributed by atoms with Crippen LogP contribution in [0.5, 0.6) is 0 Å². The molecule has 0 aromatic carbocycles. The van der Waals surface area contributed by atoms with Gasteiger partial charge in [-0.25, -0.2) is 0 Å². The van der Waals surface area contributed by atoms with Gasteiger partial charge in [-0.05, 0) is 31.5 Å². The van der Waals surface area contributed by atoms with Gasteiger partial charge < -0.3 is 14.5 Å². The fraction of sp³-hybridized carbons (Fsp3) is 0.765. The van der Waals surface area contributed by atoms with E-state index in [0.29, 0.717) is 12.0 Å². The summed E-state index contributed by atoms with van der Waals surface area (Å²) in [5.41, 5.74) is 0. The summed E-state index contributed by atoms with van der Waals surface area (Å²) in [5.74, 6) is 3.64. The maximum atomic E-state index is 6.18. The van der Waals surface area contributed by atoms with Crippen molar-refractivity contribution in [3.8, 4) is 0 Å². The van der Waals surface area contributed by atoms with Crippen molar-refractivity contribution >= 4 is 0 Å². The van der Waals surface area contributed by atoms with E-state index in [2.05, 4.69) is 50.2 Å². The van der Waals surface area contributed by atoms with E-state index < -0.39 is 0 Å². The van der Waals surface area contributed by atoms with Crippen LogP contribution in [0.25, 0.3) is 0 Å². The lowest BCUT2D eigenvalue weighted by atomic mass is 10.0. The Balaban J connectivity index is 1.73. The number of nitrogens with one attached hydrogen (secondary N) is 1. The molecular formula is C17H28N2O2. The molecule has 3 rings (SSSR count). The first kappa shape index (κ1) is 15.1. The zero-order valence-corrected chi connectivity index (χ0v) is 13.6. The molecule has 1 aromatic rings. The van der Waals surface area contributed by atoms with E-state index in [1.165, 1.54) is 6.42 Å². The van der Waals surface area contributed by atoms with E-state index in [-0.39, 0.29) is 12.1 Å². The van der Waals surface area contributed by atoms with E-state index >= 15 is 0 Å². The Hall–Kier alpha value is -0.840. The van der Waals surface area contributed by atoms with Crippen LogP contribution < -0.4 is 5.32 Å². The van der Waals surface area contributed by atoms with Crippen molar-refractivity contribution in [1.82, 2.24) is 10.2 Å². The van der Waals surface area contributed by atoms with Crippen LogP contribution >= 0.6 is 0 Å². The van der Waals surface area contributed by atoms with Gasteiger partial charge in [0.1, 0.15) is 11.5 Å². The third-order valence-electron chi connectivity index (χ3n) is 4.74. The summed E-state index contributed by atoms with van der Waals surface area (Å²) in [6, 6.07) is 5.01. The summed E-state index contributed by atoms with van der Waals surface area (Å²) in [4.78, 5) is 2.36. The Labute approximate surface area is 127 Å². The molecule has 2 heterocycles. The summed E-state index contributed by atoms with van der Waals surface area (Å²) in [5, 5.41) is 3.49. The van der Waals surface area contributed by atoms with Crippen molar-refractivity contribution in [1.29, 1.82) is 0 Å². The number of ether oxygens (including phenoxy) is 1. The predicted octanol–water partition coefficient (Wildman–Crippen LogP) is 2.77. The molecule has 0 spiro atoms. The number of hydrogen-bond donors (Lipinski definition) is 1. The van der Waals surface area contributed by atoms with Gasteiger partial charge in [-0.2, -0.15) is 0 Å². The summed E-state index contributed by atoms with van der Waals surface area (Å²) in [6.07, 6.45) is 1.42. The van der Waals surface area contributed by atoms with Crippen molar-refractivity contribution in [2.75, 3.05) is 26.7 Å². The molecule has 4 unspecified atom stereocenters. The molecule has 0 amide bonds. The van der Waals surface area contributed by atoms with Crippen molar-refractivity contribution in [3.05, 3.63) is 23.7 Å². The van der Waals surface area contributed by atoms with Crippen LogP contribution in [0.4, 0.5) is 0 Å². The molecule has 118 valence electrons. The molecule has 1 aliphatic heterocycles. The van der Waals surface area contributed by atoms with Gasteiger partial charge in [0.05, 0.1) is 18.8 Å². The van der Waals surface area contributed by atoms with Crippen LogP contribution in [0.1, 0.15) is 50.7 Å². The molecule has 2 aliphatic rings. The lowest BCUT2D eigenvalue weighted by Gasteiger charge is -2.38. The maximum absolute atomic E-state index is 6.18. The summed E-state index contributed by atoms with van der Waals surface area (Å²) >= 11 is 0. The topological polar surface area (TPSA) is 37.6 Å². The number of rotatable bonds is 5. The second kappa shape index (κ2) is 6.11. The van der Waals surface area contributed by atoms with E-state index in [0.717, 1.165) is 37.1 Å². The molecule has 4 atom stereocenters. The van der Waals surface area contributed by atoms with Gasteiger partial charge in [-0.3, -0.25) is 4.90 Å². The summed E-state index contributed by atoms with van der Waals surface area (Å²) in [6.45, 7) is 9.24. The fourth-order valence-corrected chi connectivity index (χ4v) is 3.23. The molecule has 4 nitrogen and oxygen atoms in total. The Morgan fingerprint density at radius 3 is 2.71 bits per heavy atom. The Morgan fingerprint density at radius 1 is 1.33 bits per heavy atom. The van der Waals surface area contributed by atoms with Crippen LogP contribution in [-0.4, -0.2) is 43.8 Å². The lowest BCUT2D eigenvalue weighted by Crippen LogP contribution is -2.48. The molecule has 0 radical (unpaired) electrons. The SMILES string of the molecule is CC(C)NCC1OCCN(C)C1c1ccc(C2CC2C)o1. The van der Waals surface area contributed by atoms with Crippen molar-refractivity contribution in [3.63, 3.8) is 0 Å². The second-order valence-electron chi connectivity index (χ2n) is 6.96. The first-order valence-electron chi connectivity index (χ1n) is 8.21. The summed E-state index contributed by atoms with van der Waals surface area (Å²) < 4.78 is 12.2. The van der Waals surface area contributed by atoms with Crippen LogP contribution in [0.3, 0.4) is 0 Å². The quantitative estimate of drug-likeness (QED) is 0.905. The monoisotopic (exact) mass is 292 g/mol. The van der Waals surface area contributed by atoms with E-state index in [9.17, 15) is 0 Å². The average Bonchev–Trinajstić information content (AvgIpc) is 2.98. The third-order valence-corrected chi connectivity index (χ3v) is 4.74. The van der Waals surface area contributed by atoms with Crippen LogP contribution in [0, 0.1) is 5.92 Å². The van der Waals surface area contributed by atoms with Gasteiger partial charge in [0.25, 0.3) is 0 Å². The fourth-order valence-electron chi connectivity index (χ4n) is 3.23. The average molecular weight is 292 g/mol. The maximum Gasteiger partial charge on any atom is 0.124 e. The lowest BCUT2D eigenvalue weighted by molar-refractivity contribution is -0.0684. The molecule has 21 heavy (non-hydrogen) atoms. The Morgan fingerprint density at radius 2 is 2.05 bits per heavy atom. The standard InChI is InChI=1S/C17H28N2O2/c1-11(2)18-10-16-17(19(4)7-8-20-16)15-6-5-14(21-15)13-9-12(13)3/h5-6,11-13,16-18H,7-10H2,1-4H3. The number of likely N-dealkylation sites (N-methyl/N-ethyl adjacent to an activating group) is 1. The van der Waals surface area contributed by atoms with E-state index in [1.54, 1.807) is 0 Å². The third kappa shape index (κ3) is 3.33. The largest absolute Gasteiger partial charge is 0.464 e. The van der Waals surface area contributed by atoms with Gasteiger partial charge in [-0.15, -0.1) is 0 Å². The molecule has 4 heteroatoms. The minimum atomic E-state index is 0.154. The highest BCUT2D eigenvalue weighted by atomic mass is 16.5. The van der Waals surface area contributed by atoms with Gasteiger partial charge >= 0.3 is 0 Å². The number of morpholine rings is 1. The summed E-state index contributed by atoms with van der Waals surface area (Å²) in [7, 11) is 2.16. The Bertz CT molecular complexity index is 471. The van der Waals surface area contributed by atoms with Crippen LogP contribution in [0.15, 0.2) is 16.5 Å². The zero-order chi connectivity index (χ0) is 15.0. The van der Waals surface area contributed by atoms with Gasteiger partial charge in [0, 0.05) is 25.0 Å². The number of hydrogen-bond acceptors (Lipinski definition) is 4. The number of furan rings is 1. The zero-order valence-electron chi connectivity index (χ0n) is 13.6. The molecule has 2 fully saturated rings. The minimum absolute atomic E-state index is 0.154. The Kier molecular flexibility index (Phi) is 4.38. The normalized spacial score (nSPS) is 33.6. The van der Waals surface area contributed by atoms with Crippen molar-refractivity contribution < 1.29 is 9.15 Å². The molecule has 0 bridgehead atoms.